The zero-order chi connectivity index (χ0) is 25.2. The topological polar surface area (TPSA) is 63.2 Å². The third kappa shape index (κ3) is 7.66. The first kappa shape index (κ1) is 26.4. The third-order valence-electron chi connectivity index (χ3n) is 5.88. The Kier molecular flexibility index (Phi) is 9.95. The Bertz CT molecular complexity index is 1050. The average molecular weight is 509 g/mol. The predicted molar refractivity (Wildman–Crippen MR) is 139 cm³/mol. The van der Waals surface area contributed by atoms with E-state index in [1.165, 1.54) is 6.92 Å². The van der Waals surface area contributed by atoms with Crippen LogP contribution < -0.4 is 0 Å². The highest BCUT2D eigenvalue weighted by Crippen LogP contribution is 2.31. The molecule has 1 aliphatic rings. The van der Waals surface area contributed by atoms with Crippen molar-refractivity contribution in [3.8, 4) is 0 Å². The highest BCUT2D eigenvalue weighted by atomic mass is 32.1. The smallest absolute Gasteiger partial charge is 0.303 e. The number of thiol groups is 1. The van der Waals surface area contributed by atoms with E-state index < -0.39 is 35.8 Å². The highest BCUT2D eigenvalue weighted by molar-refractivity contribution is 7.80. The molecule has 0 aliphatic carbocycles. The summed E-state index contributed by atoms with van der Waals surface area (Å²) in [4.78, 5) is 11.9. The van der Waals surface area contributed by atoms with Crippen molar-refractivity contribution >= 4 is 18.6 Å². The van der Waals surface area contributed by atoms with Gasteiger partial charge in [0, 0.05) is 6.92 Å². The van der Waals surface area contributed by atoms with E-state index in [1.807, 2.05) is 91.0 Å². The van der Waals surface area contributed by atoms with Crippen molar-refractivity contribution in [2.45, 2.75) is 56.6 Å². The molecule has 0 amide bonds. The maximum Gasteiger partial charge on any atom is 0.303 e. The minimum absolute atomic E-state index is 0.267. The van der Waals surface area contributed by atoms with Crippen molar-refractivity contribution in [1.29, 1.82) is 0 Å². The summed E-state index contributed by atoms with van der Waals surface area (Å²) < 4.78 is 30.6. The lowest BCUT2D eigenvalue weighted by Gasteiger charge is -2.44. The average Bonchev–Trinajstić information content (AvgIpc) is 2.90. The highest BCUT2D eigenvalue weighted by Gasteiger charge is 2.48. The van der Waals surface area contributed by atoms with E-state index in [0.717, 1.165) is 16.7 Å². The van der Waals surface area contributed by atoms with Crippen molar-refractivity contribution in [2.75, 3.05) is 6.61 Å². The van der Waals surface area contributed by atoms with Gasteiger partial charge in [-0.3, -0.25) is 4.79 Å². The fraction of sp³-hybridized carbons (Fsp3) is 0.345. The Morgan fingerprint density at radius 2 is 1.19 bits per heavy atom. The molecule has 0 aromatic heterocycles. The van der Waals surface area contributed by atoms with Gasteiger partial charge >= 0.3 is 5.97 Å². The molecule has 0 unspecified atom stereocenters. The van der Waals surface area contributed by atoms with Gasteiger partial charge in [-0.05, 0) is 16.7 Å². The lowest BCUT2D eigenvalue weighted by molar-refractivity contribution is -0.248. The summed E-state index contributed by atoms with van der Waals surface area (Å²) >= 11 is 4.61. The molecule has 1 fully saturated rings. The van der Waals surface area contributed by atoms with Crippen molar-refractivity contribution in [3.63, 3.8) is 0 Å². The van der Waals surface area contributed by atoms with Gasteiger partial charge in [-0.25, -0.2) is 0 Å². The second-order valence-corrected chi connectivity index (χ2v) is 9.17. The van der Waals surface area contributed by atoms with Gasteiger partial charge in [0.25, 0.3) is 0 Å². The van der Waals surface area contributed by atoms with Crippen LogP contribution in [0.25, 0.3) is 0 Å². The van der Waals surface area contributed by atoms with Gasteiger partial charge in [0.05, 0.1) is 26.4 Å². The quantitative estimate of drug-likeness (QED) is 0.292. The van der Waals surface area contributed by atoms with E-state index in [9.17, 15) is 4.79 Å². The maximum atomic E-state index is 11.9. The Labute approximate surface area is 217 Å². The molecular formula is C29H32O6S. The molecule has 0 spiro atoms. The van der Waals surface area contributed by atoms with Crippen LogP contribution in [0, 0.1) is 0 Å². The lowest BCUT2D eigenvalue weighted by Crippen LogP contribution is -2.60. The van der Waals surface area contributed by atoms with Crippen LogP contribution in [0.1, 0.15) is 23.6 Å². The molecule has 36 heavy (non-hydrogen) atoms. The molecule has 190 valence electrons. The Hall–Kier alpha value is -2.68. The summed E-state index contributed by atoms with van der Waals surface area (Å²) in [5, 5.41) is 0. The largest absolute Gasteiger partial charge is 0.456 e. The van der Waals surface area contributed by atoms with E-state index in [4.69, 9.17) is 23.7 Å². The van der Waals surface area contributed by atoms with Crippen LogP contribution in [-0.4, -0.2) is 42.4 Å². The molecule has 6 nitrogen and oxygen atoms in total. The number of rotatable bonds is 11. The number of hydrogen-bond donors (Lipinski definition) is 1. The normalized spacial score (nSPS) is 23.8. The fourth-order valence-electron chi connectivity index (χ4n) is 4.14. The molecule has 7 heteroatoms. The molecule has 0 saturated carbocycles. The van der Waals surface area contributed by atoms with Gasteiger partial charge in [0.1, 0.15) is 23.7 Å². The Balaban J connectivity index is 1.53. The van der Waals surface area contributed by atoms with Crippen LogP contribution in [0.15, 0.2) is 91.0 Å². The summed E-state index contributed by atoms with van der Waals surface area (Å²) in [7, 11) is 0. The van der Waals surface area contributed by atoms with E-state index in [1.54, 1.807) is 0 Å². The van der Waals surface area contributed by atoms with E-state index in [-0.39, 0.29) is 6.61 Å². The fourth-order valence-corrected chi connectivity index (χ4v) is 4.52. The molecule has 4 rings (SSSR count). The number of hydrogen-bond acceptors (Lipinski definition) is 7. The minimum atomic E-state index is -0.749. The number of ether oxygens (including phenoxy) is 5. The van der Waals surface area contributed by atoms with Crippen molar-refractivity contribution < 1.29 is 28.5 Å². The zero-order valence-electron chi connectivity index (χ0n) is 20.3. The maximum absolute atomic E-state index is 11.9. The summed E-state index contributed by atoms with van der Waals surface area (Å²) in [6.07, 6.45) is -2.40. The zero-order valence-corrected chi connectivity index (χ0v) is 21.2. The van der Waals surface area contributed by atoms with Gasteiger partial charge in [-0.2, -0.15) is 0 Å². The van der Waals surface area contributed by atoms with Gasteiger partial charge in [0.2, 0.25) is 0 Å². The molecule has 0 radical (unpaired) electrons. The second kappa shape index (κ2) is 13.6. The SMILES string of the molecule is CC(=O)O[C@H]1[C@@H](OCc2ccccc2)[C@H](OCc2ccccc2)[C@@H](COCc2ccccc2)O[C@@H]1S. The molecule has 1 heterocycles. The first-order chi connectivity index (χ1) is 17.6. The summed E-state index contributed by atoms with van der Waals surface area (Å²) in [6, 6.07) is 29.6. The van der Waals surface area contributed by atoms with E-state index >= 15 is 0 Å². The molecule has 0 N–H and O–H groups in total. The number of carbonyl (C=O) groups excluding carboxylic acids is 1. The van der Waals surface area contributed by atoms with Crippen LogP contribution in [0.4, 0.5) is 0 Å². The van der Waals surface area contributed by atoms with Crippen molar-refractivity contribution in [1.82, 2.24) is 0 Å². The Morgan fingerprint density at radius 1 is 0.722 bits per heavy atom. The third-order valence-corrected chi connectivity index (χ3v) is 6.29. The standard InChI is InChI=1S/C29H32O6S/c1-21(30)34-28-27(33-19-24-15-9-4-10-16-24)26(32-18-23-13-7-3-8-14-23)25(35-29(28)36)20-31-17-22-11-5-2-6-12-22/h2-16,25-29,36H,17-20H2,1H3/t25-,26-,27+,28+,29-/m1/s1. The Morgan fingerprint density at radius 3 is 1.69 bits per heavy atom. The summed E-state index contributed by atoms with van der Waals surface area (Å²) in [5.74, 6) is -0.434. The minimum Gasteiger partial charge on any atom is -0.456 e. The molecule has 3 aromatic rings. The van der Waals surface area contributed by atoms with Crippen LogP contribution in [0.3, 0.4) is 0 Å². The van der Waals surface area contributed by atoms with Gasteiger partial charge in [-0.1, -0.05) is 91.0 Å². The van der Waals surface area contributed by atoms with E-state index in [2.05, 4.69) is 12.6 Å². The van der Waals surface area contributed by atoms with Crippen LogP contribution >= 0.6 is 12.6 Å². The molecular weight excluding hydrogens is 476 g/mol. The summed E-state index contributed by atoms with van der Waals surface area (Å²) in [5.41, 5.74) is 2.38. The number of carbonyl (C=O) groups is 1. The predicted octanol–water partition coefficient (Wildman–Crippen LogP) is 4.96. The molecule has 0 bridgehead atoms. The lowest BCUT2D eigenvalue weighted by atomic mass is 9.99. The van der Waals surface area contributed by atoms with E-state index in [0.29, 0.717) is 19.8 Å². The molecule has 3 aromatic carbocycles. The van der Waals surface area contributed by atoms with Gasteiger partial charge in [-0.15, -0.1) is 12.6 Å². The number of esters is 1. The monoisotopic (exact) mass is 508 g/mol. The first-order valence-electron chi connectivity index (χ1n) is 12.0. The van der Waals surface area contributed by atoms with Crippen molar-refractivity contribution in [3.05, 3.63) is 108 Å². The van der Waals surface area contributed by atoms with Crippen LogP contribution in [0.5, 0.6) is 0 Å². The van der Waals surface area contributed by atoms with Gasteiger partial charge in [0.15, 0.2) is 6.10 Å². The molecule has 1 aliphatic heterocycles. The number of benzene rings is 3. The van der Waals surface area contributed by atoms with Crippen LogP contribution in [-0.2, 0) is 48.3 Å². The van der Waals surface area contributed by atoms with Crippen LogP contribution in [0.2, 0.25) is 0 Å². The second-order valence-electron chi connectivity index (χ2n) is 8.66. The molecule has 1 saturated heterocycles. The molecule has 5 atom stereocenters. The van der Waals surface area contributed by atoms with Crippen molar-refractivity contribution in [2.24, 2.45) is 0 Å². The first-order valence-corrected chi connectivity index (χ1v) is 12.6. The summed E-state index contributed by atoms with van der Waals surface area (Å²) in [6.45, 7) is 2.74. The van der Waals surface area contributed by atoms with Gasteiger partial charge < -0.3 is 23.7 Å².